The zero-order valence-corrected chi connectivity index (χ0v) is 8.27. The minimum atomic E-state index is -0.138. The highest BCUT2D eigenvalue weighted by molar-refractivity contribution is 5.13. The Hall–Kier alpha value is -1.36. The first-order valence-corrected chi connectivity index (χ1v) is 4.68. The lowest BCUT2D eigenvalue weighted by Gasteiger charge is -2.05. The van der Waals surface area contributed by atoms with Crippen molar-refractivity contribution < 1.29 is 4.74 Å². The van der Waals surface area contributed by atoms with E-state index in [1.165, 1.54) is 16.9 Å². The molecule has 1 aromatic rings. The first kappa shape index (κ1) is 10.7. The molecule has 78 valence electrons. The van der Waals surface area contributed by atoms with E-state index in [2.05, 4.69) is 5.10 Å². The van der Waals surface area contributed by atoms with Gasteiger partial charge in [0.2, 0.25) is 0 Å². The van der Waals surface area contributed by atoms with Crippen LogP contribution in [0.5, 0.6) is 5.75 Å². The molecule has 0 atom stereocenters. The van der Waals surface area contributed by atoms with E-state index < -0.39 is 0 Å². The summed E-state index contributed by atoms with van der Waals surface area (Å²) in [5.74, 6) is 0.479. The molecule has 0 spiro atoms. The molecular weight excluding hydrogens is 182 g/mol. The van der Waals surface area contributed by atoms with Crippen LogP contribution in [0.2, 0.25) is 0 Å². The van der Waals surface area contributed by atoms with E-state index in [1.807, 2.05) is 6.92 Å². The van der Waals surface area contributed by atoms with Crippen LogP contribution in [0.1, 0.15) is 13.3 Å². The Bertz CT molecular complexity index is 335. The summed E-state index contributed by atoms with van der Waals surface area (Å²) in [6.45, 7) is 3.46. The zero-order valence-electron chi connectivity index (χ0n) is 8.27. The van der Waals surface area contributed by atoms with Gasteiger partial charge in [0.1, 0.15) is 12.4 Å². The molecule has 0 aliphatic heterocycles. The van der Waals surface area contributed by atoms with E-state index >= 15 is 0 Å². The van der Waals surface area contributed by atoms with Gasteiger partial charge in [0.05, 0.1) is 6.20 Å². The average Bonchev–Trinajstić information content (AvgIpc) is 2.19. The quantitative estimate of drug-likeness (QED) is 0.720. The number of ether oxygens (including phenoxy) is 1. The summed E-state index contributed by atoms with van der Waals surface area (Å²) in [5, 5.41) is 3.96. The molecule has 0 fully saturated rings. The van der Waals surface area contributed by atoms with Gasteiger partial charge in [-0.05, 0) is 6.42 Å². The zero-order chi connectivity index (χ0) is 10.4. The lowest BCUT2D eigenvalue weighted by Crippen LogP contribution is -2.22. The van der Waals surface area contributed by atoms with E-state index in [0.29, 0.717) is 25.4 Å². The molecule has 0 radical (unpaired) electrons. The highest BCUT2D eigenvalue weighted by Crippen LogP contribution is 2.02. The second-order valence-electron chi connectivity index (χ2n) is 2.89. The fourth-order valence-electron chi connectivity index (χ4n) is 1.05. The Morgan fingerprint density at radius 3 is 3.00 bits per heavy atom. The third kappa shape index (κ3) is 2.85. The molecule has 1 rings (SSSR count). The SMILES string of the molecule is CCCn1ncc(OCCN)cc1=O. The van der Waals surface area contributed by atoms with E-state index in [9.17, 15) is 4.79 Å². The molecule has 0 saturated carbocycles. The summed E-state index contributed by atoms with van der Waals surface area (Å²) in [4.78, 5) is 11.4. The van der Waals surface area contributed by atoms with Crippen molar-refractivity contribution in [2.24, 2.45) is 5.73 Å². The minimum absolute atomic E-state index is 0.138. The third-order valence-electron chi connectivity index (χ3n) is 1.67. The van der Waals surface area contributed by atoms with Crippen LogP contribution in [0.25, 0.3) is 0 Å². The van der Waals surface area contributed by atoms with Gasteiger partial charge in [0, 0.05) is 19.2 Å². The molecule has 0 bridgehead atoms. The average molecular weight is 197 g/mol. The first-order valence-electron chi connectivity index (χ1n) is 4.68. The predicted molar refractivity (Wildman–Crippen MR) is 53.3 cm³/mol. The molecule has 0 aromatic carbocycles. The number of hydrogen-bond donors (Lipinski definition) is 1. The van der Waals surface area contributed by atoms with Gasteiger partial charge >= 0.3 is 0 Å². The van der Waals surface area contributed by atoms with Gasteiger partial charge in [-0.3, -0.25) is 4.79 Å². The summed E-state index contributed by atoms with van der Waals surface area (Å²) >= 11 is 0. The van der Waals surface area contributed by atoms with Crippen LogP contribution in [0.3, 0.4) is 0 Å². The standard InChI is InChI=1S/C9H15N3O2/c1-2-4-12-9(13)6-8(7-11-12)14-5-3-10/h6-7H,2-5,10H2,1H3. The smallest absolute Gasteiger partial charge is 0.270 e. The van der Waals surface area contributed by atoms with Crippen molar-refractivity contribution in [1.29, 1.82) is 0 Å². The normalized spacial score (nSPS) is 10.1. The molecule has 5 nitrogen and oxygen atoms in total. The Labute approximate surface area is 82.5 Å². The lowest BCUT2D eigenvalue weighted by molar-refractivity contribution is 0.323. The maximum Gasteiger partial charge on any atom is 0.270 e. The lowest BCUT2D eigenvalue weighted by atomic mass is 10.4. The van der Waals surface area contributed by atoms with Gasteiger partial charge in [-0.15, -0.1) is 0 Å². The minimum Gasteiger partial charge on any atom is -0.490 e. The van der Waals surface area contributed by atoms with Crippen LogP contribution in [0.15, 0.2) is 17.1 Å². The highest BCUT2D eigenvalue weighted by atomic mass is 16.5. The van der Waals surface area contributed by atoms with Crippen molar-refractivity contribution >= 4 is 0 Å². The fourth-order valence-corrected chi connectivity index (χ4v) is 1.05. The van der Waals surface area contributed by atoms with Crippen molar-refractivity contribution in [3.05, 3.63) is 22.6 Å². The molecule has 2 N–H and O–H groups in total. The molecule has 0 unspecified atom stereocenters. The second-order valence-corrected chi connectivity index (χ2v) is 2.89. The molecule has 1 aromatic heterocycles. The second kappa shape index (κ2) is 5.39. The summed E-state index contributed by atoms with van der Waals surface area (Å²) in [5.41, 5.74) is 5.13. The van der Waals surface area contributed by atoms with Crippen molar-refractivity contribution in [1.82, 2.24) is 9.78 Å². The third-order valence-corrected chi connectivity index (χ3v) is 1.67. The van der Waals surface area contributed by atoms with Crippen molar-refractivity contribution in [2.45, 2.75) is 19.9 Å². The summed E-state index contributed by atoms with van der Waals surface area (Å²) < 4.78 is 6.58. The van der Waals surface area contributed by atoms with Gasteiger partial charge in [-0.25, -0.2) is 4.68 Å². The first-order chi connectivity index (χ1) is 6.77. The number of aryl methyl sites for hydroxylation is 1. The molecule has 0 aliphatic rings. The van der Waals surface area contributed by atoms with Crippen molar-refractivity contribution in [2.75, 3.05) is 13.2 Å². The van der Waals surface area contributed by atoms with Crippen LogP contribution in [-0.4, -0.2) is 22.9 Å². The monoisotopic (exact) mass is 197 g/mol. The van der Waals surface area contributed by atoms with Gasteiger partial charge in [0.25, 0.3) is 5.56 Å². The highest BCUT2D eigenvalue weighted by Gasteiger charge is 1.99. The number of rotatable bonds is 5. The van der Waals surface area contributed by atoms with Crippen LogP contribution in [0.4, 0.5) is 0 Å². The Balaban J connectivity index is 2.73. The Morgan fingerprint density at radius 2 is 2.43 bits per heavy atom. The van der Waals surface area contributed by atoms with Crippen molar-refractivity contribution in [3.8, 4) is 5.75 Å². The fraction of sp³-hybridized carbons (Fsp3) is 0.556. The van der Waals surface area contributed by atoms with Gasteiger partial charge in [0.15, 0.2) is 0 Å². The van der Waals surface area contributed by atoms with E-state index in [1.54, 1.807) is 0 Å². The van der Waals surface area contributed by atoms with Crippen LogP contribution in [-0.2, 0) is 6.54 Å². The van der Waals surface area contributed by atoms with E-state index in [4.69, 9.17) is 10.5 Å². The van der Waals surface area contributed by atoms with Crippen LogP contribution >= 0.6 is 0 Å². The number of aromatic nitrogens is 2. The molecule has 0 amide bonds. The topological polar surface area (TPSA) is 70.1 Å². The number of hydrogen-bond acceptors (Lipinski definition) is 4. The maximum atomic E-state index is 11.4. The maximum absolute atomic E-state index is 11.4. The molecular formula is C9H15N3O2. The molecule has 5 heteroatoms. The molecule has 0 saturated heterocycles. The number of nitrogens with zero attached hydrogens (tertiary/aromatic N) is 2. The molecule has 1 heterocycles. The van der Waals surface area contributed by atoms with Gasteiger partial charge in [-0.2, -0.15) is 5.10 Å². The van der Waals surface area contributed by atoms with E-state index in [0.717, 1.165) is 6.42 Å². The van der Waals surface area contributed by atoms with Crippen LogP contribution < -0.4 is 16.0 Å². The molecule has 0 aliphatic carbocycles. The number of nitrogens with two attached hydrogens (primary N) is 1. The van der Waals surface area contributed by atoms with E-state index in [-0.39, 0.29) is 5.56 Å². The Kier molecular flexibility index (Phi) is 4.12. The predicted octanol–water partition coefficient (Wildman–Crippen LogP) is -0.00920. The Morgan fingerprint density at radius 1 is 1.64 bits per heavy atom. The van der Waals surface area contributed by atoms with Gasteiger partial charge in [-0.1, -0.05) is 6.92 Å². The van der Waals surface area contributed by atoms with Crippen LogP contribution in [0, 0.1) is 0 Å². The summed E-state index contributed by atoms with van der Waals surface area (Å²) in [6.07, 6.45) is 2.42. The summed E-state index contributed by atoms with van der Waals surface area (Å²) in [7, 11) is 0. The van der Waals surface area contributed by atoms with Gasteiger partial charge < -0.3 is 10.5 Å². The van der Waals surface area contributed by atoms with Crippen molar-refractivity contribution in [3.63, 3.8) is 0 Å². The largest absolute Gasteiger partial charge is 0.490 e. The molecule has 14 heavy (non-hydrogen) atoms. The summed E-state index contributed by atoms with van der Waals surface area (Å²) in [6, 6.07) is 1.43.